The van der Waals surface area contributed by atoms with Crippen LogP contribution in [0.2, 0.25) is 14.8 Å². The minimum atomic E-state index is -1.99. The first-order chi connectivity index (χ1) is 6.93. The second-order valence-electron chi connectivity index (χ2n) is 5.62. The van der Waals surface area contributed by atoms with Gasteiger partial charge < -0.3 is 0 Å². The van der Waals surface area contributed by atoms with E-state index in [9.17, 15) is 0 Å². The Kier molecular flexibility index (Phi) is 2.88. The van der Waals surface area contributed by atoms with Gasteiger partial charge in [0.1, 0.15) is 0 Å². The van der Waals surface area contributed by atoms with Crippen molar-refractivity contribution in [1.82, 2.24) is 0 Å². The van der Waals surface area contributed by atoms with Gasteiger partial charge in [-0.3, -0.25) is 0 Å². The Hall–Kier alpha value is -0.0213. The van der Waals surface area contributed by atoms with Gasteiger partial charge in [0.05, 0.1) is 0 Å². The number of ether oxygens (including phenoxy) is 1. The van der Waals surface area contributed by atoms with Crippen LogP contribution in [0.3, 0.4) is 0 Å². The molecule has 1 nitrogen and oxygen atoms in total. The quantitative estimate of drug-likeness (QED) is 0.763. The van der Waals surface area contributed by atoms with E-state index in [1.807, 2.05) is 0 Å². The molecule has 0 aromatic heterocycles. The number of hydrogen-bond donors (Lipinski definition) is 0. The van der Waals surface area contributed by atoms with E-state index in [2.05, 4.69) is 46.0 Å². The summed E-state index contributed by atoms with van der Waals surface area (Å²) in [7, 11) is 0. The molecule has 1 aliphatic heterocycles. The number of benzene rings is 1. The SMILES string of the molecule is CC1(c2cccc[c]2[Sn]([CH3])([CH3])[CH3])CCO1. The molecule has 1 atom stereocenters. The van der Waals surface area contributed by atoms with Crippen LogP contribution in [0.25, 0.3) is 0 Å². The third-order valence-corrected chi connectivity index (χ3v) is 9.16. The van der Waals surface area contributed by atoms with Crippen molar-refractivity contribution in [2.75, 3.05) is 6.61 Å². The van der Waals surface area contributed by atoms with Crippen molar-refractivity contribution in [3.05, 3.63) is 29.8 Å². The van der Waals surface area contributed by atoms with Crippen molar-refractivity contribution in [2.45, 2.75) is 33.8 Å². The third-order valence-electron chi connectivity index (χ3n) is 3.30. The van der Waals surface area contributed by atoms with Crippen LogP contribution < -0.4 is 3.58 Å². The molecule has 1 aromatic rings. The molecule has 2 rings (SSSR count). The molecule has 1 aliphatic rings. The minimum absolute atomic E-state index is 0.0147. The van der Waals surface area contributed by atoms with E-state index in [1.165, 1.54) is 12.0 Å². The maximum atomic E-state index is 5.77. The fourth-order valence-electron chi connectivity index (χ4n) is 2.22. The Bertz CT molecular complexity index is 361. The van der Waals surface area contributed by atoms with Gasteiger partial charge in [0.2, 0.25) is 0 Å². The molecule has 1 unspecified atom stereocenters. The van der Waals surface area contributed by atoms with Crippen LogP contribution in [0.15, 0.2) is 24.3 Å². The predicted molar refractivity (Wildman–Crippen MR) is 67.3 cm³/mol. The summed E-state index contributed by atoms with van der Waals surface area (Å²) in [6.45, 7) is 3.15. The predicted octanol–water partition coefficient (Wildman–Crippen LogP) is 2.87. The Morgan fingerprint density at radius 3 is 2.27 bits per heavy atom. The average molecular weight is 311 g/mol. The molecule has 0 spiro atoms. The van der Waals surface area contributed by atoms with Gasteiger partial charge in [0.25, 0.3) is 0 Å². The average Bonchev–Trinajstić information content (AvgIpc) is 2.13. The fraction of sp³-hybridized carbons (Fsp3) is 0.538. The summed E-state index contributed by atoms with van der Waals surface area (Å²) in [5.41, 5.74) is 1.47. The zero-order valence-corrected chi connectivity index (χ0v) is 13.0. The second kappa shape index (κ2) is 3.77. The molecule has 2 heteroatoms. The van der Waals surface area contributed by atoms with E-state index in [4.69, 9.17) is 4.74 Å². The van der Waals surface area contributed by atoms with Crippen LogP contribution in [0.5, 0.6) is 0 Å². The van der Waals surface area contributed by atoms with Gasteiger partial charge in [-0.25, -0.2) is 0 Å². The van der Waals surface area contributed by atoms with Crippen LogP contribution in [0, 0.1) is 0 Å². The summed E-state index contributed by atoms with van der Waals surface area (Å²) >= 11 is -1.99. The van der Waals surface area contributed by atoms with Gasteiger partial charge in [-0.2, -0.15) is 0 Å². The molecule has 1 saturated heterocycles. The molecular weight excluding hydrogens is 291 g/mol. The van der Waals surface area contributed by atoms with Gasteiger partial charge in [-0.15, -0.1) is 0 Å². The third kappa shape index (κ3) is 2.09. The Morgan fingerprint density at radius 2 is 1.80 bits per heavy atom. The first kappa shape index (κ1) is 11.5. The van der Waals surface area contributed by atoms with Crippen molar-refractivity contribution < 1.29 is 4.74 Å². The van der Waals surface area contributed by atoms with Gasteiger partial charge in [0.15, 0.2) is 0 Å². The molecule has 0 amide bonds. The van der Waals surface area contributed by atoms with E-state index >= 15 is 0 Å². The van der Waals surface area contributed by atoms with Crippen molar-refractivity contribution in [3.63, 3.8) is 0 Å². The summed E-state index contributed by atoms with van der Waals surface area (Å²) in [6.07, 6.45) is 1.17. The molecule has 0 saturated carbocycles. The summed E-state index contributed by atoms with van der Waals surface area (Å²) in [5.74, 6) is 0. The maximum absolute atomic E-state index is 5.77. The second-order valence-corrected chi connectivity index (χ2v) is 20.0. The molecule has 1 heterocycles. The van der Waals surface area contributed by atoms with Gasteiger partial charge in [-0.05, 0) is 0 Å². The van der Waals surface area contributed by atoms with Gasteiger partial charge in [-0.1, -0.05) is 0 Å². The number of rotatable bonds is 2. The monoisotopic (exact) mass is 312 g/mol. The van der Waals surface area contributed by atoms with Gasteiger partial charge >= 0.3 is 96.9 Å². The first-order valence-corrected chi connectivity index (χ1v) is 15.7. The zero-order valence-electron chi connectivity index (χ0n) is 10.1. The Balaban J connectivity index is 2.47. The molecule has 0 bridgehead atoms. The number of hydrogen-bond acceptors (Lipinski definition) is 1. The van der Waals surface area contributed by atoms with Crippen molar-refractivity contribution in [3.8, 4) is 0 Å². The van der Waals surface area contributed by atoms with Crippen LogP contribution in [-0.4, -0.2) is 25.0 Å². The molecule has 0 N–H and O–H groups in total. The van der Waals surface area contributed by atoms with Crippen LogP contribution in [-0.2, 0) is 10.3 Å². The standard InChI is InChI=1S/C10H11O.3CH3.Sn/c1-10(7-8-11-10)9-5-3-2-4-6-9;;;;/h2-5H,7-8H2,1H3;3*1H3;. The summed E-state index contributed by atoms with van der Waals surface area (Å²) in [6, 6.07) is 8.89. The van der Waals surface area contributed by atoms with Crippen LogP contribution in [0.1, 0.15) is 18.9 Å². The zero-order chi connectivity index (χ0) is 11.1. The van der Waals surface area contributed by atoms with Crippen molar-refractivity contribution in [1.29, 1.82) is 0 Å². The summed E-state index contributed by atoms with van der Waals surface area (Å²) in [4.78, 5) is 7.40. The van der Waals surface area contributed by atoms with E-state index in [0.717, 1.165) is 6.61 Å². The molecule has 0 aliphatic carbocycles. The molecule has 1 fully saturated rings. The van der Waals surface area contributed by atoms with E-state index in [1.54, 1.807) is 3.58 Å². The summed E-state index contributed by atoms with van der Waals surface area (Å²) in [5, 5.41) is 0. The normalized spacial score (nSPS) is 26.1. The topological polar surface area (TPSA) is 9.23 Å². The van der Waals surface area contributed by atoms with E-state index in [0.29, 0.717) is 0 Å². The Labute approximate surface area is 96.7 Å². The fourth-order valence-corrected chi connectivity index (χ4v) is 7.22. The van der Waals surface area contributed by atoms with E-state index < -0.39 is 18.4 Å². The first-order valence-electron chi connectivity index (χ1n) is 5.67. The van der Waals surface area contributed by atoms with Crippen molar-refractivity contribution >= 4 is 22.0 Å². The molecular formula is C13H20OSn. The van der Waals surface area contributed by atoms with Crippen LogP contribution >= 0.6 is 0 Å². The van der Waals surface area contributed by atoms with Crippen LogP contribution in [0.4, 0.5) is 0 Å². The Morgan fingerprint density at radius 1 is 1.20 bits per heavy atom. The molecule has 0 radical (unpaired) electrons. The van der Waals surface area contributed by atoms with E-state index in [-0.39, 0.29) is 5.60 Å². The van der Waals surface area contributed by atoms with Crippen molar-refractivity contribution in [2.24, 2.45) is 0 Å². The summed E-state index contributed by atoms with van der Waals surface area (Å²) < 4.78 is 7.39. The molecule has 82 valence electrons. The molecule has 15 heavy (non-hydrogen) atoms. The molecule has 1 aromatic carbocycles. The van der Waals surface area contributed by atoms with Gasteiger partial charge in [0, 0.05) is 0 Å².